The Bertz CT molecular complexity index is 833. The molecule has 1 saturated heterocycles. The Labute approximate surface area is 150 Å². The number of aromatic amines is 2. The molecule has 0 atom stereocenters. The first-order valence-corrected chi connectivity index (χ1v) is 8.91. The van der Waals surface area contributed by atoms with Gasteiger partial charge in [0.2, 0.25) is 11.8 Å². The second-order valence-corrected chi connectivity index (χ2v) is 6.47. The van der Waals surface area contributed by atoms with Crippen LogP contribution in [0.25, 0.3) is 11.0 Å². The van der Waals surface area contributed by atoms with E-state index in [1.54, 1.807) is 4.90 Å². The van der Waals surface area contributed by atoms with E-state index in [0.29, 0.717) is 39.1 Å². The number of likely N-dealkylation sites (tertiary alicyclic amines) is 1. The summed E-state index contributed by atoms with van der Waals surface area (Å²) >= 11 is 0. The Balaban J connectivity index is 1.48. The van der Waals surface area contributed by atoms with Crippen LogP contribution >= 0.6 is 0 Å². The normalized spacial score (nSPS) is 15.3. The molecular formula is C18H24N4O4. The largest absolute Gasteiger partial charge is 0.372 e. The standard InChI is InChI=1S/C18H24N4O4/c1-2-26-11-16(23)22-7-5-13(6-8-22)17(24)19-10-12-3-4-14-15(9-12)21-18(25)20-14/h3-4,9,13H,2,5-8,10-11H2,1H3,(H,19,24)(H2,20,21,25). The number of H-pyrrole nitrogens is 2. The lowest BCUT2D eigenvalue weighted by Gasteiger charge is -2.31. The maximum atomic E-state index is 12.4. The fraction of sp³-hybridized carbons (Fsp3) is 0.500. The van der Waals surface area contributed by atoms with Gasteiger partial charge in [0.15, 0.2) is 0 Å². The van der Waals surface area contributed by atoms with Crippen LogP contribution in [0.4, 0.5) is 0 Å². The molecule has 2 amide bonds. The number of hydrogen-bond donors (Lipinski definition) is 3. The van der Waals surface area contributed by atoms with Gasteiger partial charge in [-0.1, -0.05) is 6.07 Å². The van der Waals surface area contributed by atoms with E-state index in [1.807, 2.05) is 25.1 Å². The first-order valence-electron chi connectivity index (χ1n) is 8.91. The summed E-state index contributed by atoms with van der Waals surface area (Å²) in [5, 5.41) is 2.95. The summed E-state index contributed by atoms with van der Waals surface area (Å²) < 4.78 is 5.15. The summed E-state index contributed by atoms with van der Waals surface area (Å²) in [6, 6.07) is 5.54. The maximum Gasteiger partial charge on any atom is 0.323 e. The maximum absolute atomic E-state index is 12.4. The Morgan fingerprint density at radius 1 is 1.23 bits per heavy atom. The van der Waals surface area contributed by atoms with Gasteiger partial charge < -0.3 is 24.9 Å². The molecule has 8 nitrogen and oxygen atoms in total. The number of nitrogens with zero attached hydrogens (tertiary/aromatic N) is 1. The second-order valence-electron chi connectivity index (χ2n) is 6.47. The van der Waals surface area contributed by atoms with Crippen LogP contribution in [0.5, 0.6) is 0 Å². The lowest BCUT2D eigenvalue weighted by atomic mass is 9.95. The van der Waals surface area contributed by atoms with Crippen molar-refractivity contribution in [2.24, 2.45) is 5.92 Å². The van der Waals surface area contributed by atoms with Crippen molar-refractivity contribution in [3.05, 3.63) is 34.2 Å². The third kappa shape index (κ3) is 4.32. The fourth-order valence-electron chi connectivity index (χ4n) is 3.19. The van der Waals surface area contributed by atoms with Crippen molar-refractivity contribution in [1.82, 2.24) is 20.2 Å². The van der Waals surface area contributed by atoms with Gasteiger partial charge in [0, 0.05) is 32.2 Å². The van der Waals surface area contributed by atoms with E-state index in [9.17, 15) is 14.4 Å². The third-order valence-corrected chi connectivity index (χ3v) is 4.70. The van der Waals surface area contributed by atoms with Crippen molar-refractivity contribution < 1.29 is 14.3 Å². The van der Waals surface area contributed by atoms with Crippen LogP contribution in [0.2, 0.25) is 0 Å². The minimum atomic E-state index is -0.244. The van der Waals surface area contributed by atoms with E-state index < -0.39 is 0 Å². The van der Waals surface area contributed by atoms with E-state index in [0.717, 1.165) is 16.6 Å². The van der Waals surface area contributed by atoms with Crippen molar-refractivity contribution >= 4 is 22.8 Å². The number of amides is 2. The molecule has 2 heterocycles. The SMILES string of the molecule is CCOCC(=O)N1CCC(C(=O)NCc2ccc3[nH]c(=O)[nH]c3c2)CC1. The number of carbonyl (C=O) groups excluding carboxylic acids is 2. The quantitative estimate of drug-likeness (QED) is 0.706. The number of rotatable bonds is 6. The lowest BCUT2D eigenvalue weighted by Crippen LogP contribution is -2.44. The molecule has 0 spiro atoms. The Morgan fingerprint density at radius 2 is 1.96 bits per heavy atom. The predicted octanol–water partition coefficient (Wildman–Crippen LogP) is 0.748. The number of imidazole rings is 1. The molecule has 3 rings (SSSR count). The van der Waals surface area contributed by atoms with E-state index in [-0.39, 0.29) is 30.0 Å². The molecule has 0 aliphatic carbocycles. The number of carbonyl (C=O) groups is 2. The van der Waals surface area contributed by atoms with E-state index >= 15 is 0 Å². The molecule has 0 radical (unpaired) electrons. The van der Waals surface area contributed by atoms with Gasteiger partial charge >= 0.3 is 5.69 Å². The van der Waals surface area contributed by atoms with Crippen molar-refractivity contribution in [3.8, 4) is 0 Å². The van der Waals surface area contributed by atoms with E-state index in [2.05, 4.69) is 15.3 Å². The molecule has 0 bridgehead atoms. The molecule has 1 fully saturated rings. The molecule has 0 saturated carbocycles. The van der Waals surface area contributed by atoms with Crippen LogP contribution in [0, 0.1) is 5.92 Å². The van der Waals surface area contributed by atoms with Gasteiger partial charge in [0.25, 0.3) is 0 Å². The highest BCUT2D eigenvalue weighted by Gasteiger charge is 2.27. The summed E-state index contributed by atoms with van der Waals surface area (Å²) in [7, 11) is 0. The van der Waals surface area contributed by atoms with Gasteiger partial charge in [-0.15, -0.1) is 0 Å². The molecule has 1 aliphatic heterocycles. The van der Waals surface area contributed by atoms with E-state index in [1.165, 1.54) is 0 Å². The molecule has 140 valence electrons. The number of piperidine rings is 1. The minimum absolute atomic E-state index is 0.00423. The zero-order valence-corrected chi connectivity index (χ0v) is 14.8. The smallest absolute Gasteiger partial charge is 0.323 e. The van der Waals surface area contributed by atoms with Gasteiger partial charge in [-0.25, -0.2) is 4.79 Å². The highest BCUT2D eigenvalue weighted by molar-refractivity contribution is 5.81. The predicted molar refractivity (Wildman–Crippen MR) is 96.6 cm³/mol. The number of benzene rings is 1. The van der Waals surface area contributed by atoms with Gasteiger partial charge in [-0.3, -0.25) is 9.59 Å². The minimum Gasteiger partial charge on any atom is -0.372 e. The molecule has 1 aromatic carbocycles. The third-order valence-electron chi connectivity index (χ3n) is 4.70. The first-order chi connectivity index (χ1) is 12.6. The van der Waals surface area contributed by atoms with E-state index in [4.69, 9.17) is 4.74 Å². The van der Waals surface area contributed by atoms with Gasteiger partial charge in [0.1, 0.15) is 6.61 Å². The zero-order chi connectivity index (χ0) is 18.5. The van der Waals surface area contributed by atoms with Gasteiger partial charge in [0.05, 0.1) is 11.0 Å². The first kappa shape index (κ1) is 18.2. The molecule has 3 N–H and O–H groups in total. The monoisotopic (exact) mass is 360 g/mol. The van der Waals surface area contributed by atoms with Crippen LogP contribution in [-0.2, 0) is 20.9 Å². The van der Waals surface area contributed by atoms with Gasteiger partial charge in [-0.05, 0) is 37.5 Å². The molecule has 0 unspecified atom stereocenters. The van der Waals surface area contributed by atoms with Crippen molar-refractivity contribution in [3.63, 3.8) is 0 Å². The number of hydrogen-bond acceptors (Lipinski definition) is 4. The molecule has 8 heteroatoms. The highest BCUT2D eigenvalue weighted by atomic mass is 16.5. The van der Waals surface area contributed by atoms with Gasteiger partial charge in [-0.2, -0.15) is 0 Å². The van der Waals surface area contributed by atoms with Crippen LogP contribution in [0.15, 0.2) is 23.0 Å². The summed E-state index contributed by atoms with van der Waals surface area (Å²) in [6.07, 6.45) is 1.32. The van der Waals surface area contributed by atoms with Crippen LogP contribution in [0.3, 0.4) is 0 Å². The van der Waals surface area contributed by atoms with Crippen LogP contribution < -0.4 is 11.0 Å². The molecule has 26 heavy (non-hydrogen) atoms. The highest BCUT2D eigenvalue weighted by Crippen LogP contribution is 2.18. The van der Waals surface area contributed by atoms with Crippen molar-refractivity contribution in [2.45, 2.75) is 26.3 Å². The number of ether oxygens (including phenoxy) is 1. The summed E-state index contributed by atoms with van der Waals surface area (Å²) in [6.45, 7) is 4.06. The van der Waals surface area contributed by atoms with Crippen LogP contribution in [0.1, 0.15) is 25.3 Å². The Kier molecular flexibility index (Phi) is 5.72. The number of nitrogens with one attached hydrogen (secondary N) is 3. The van der Waals surface area contributed by atoms with Crippen molar-refractivity contribution in [1.29, 1.82) is 0 Å². The molecular weight excluding hydrogens is 336 g/mol. The average Bonchev–Trinajstić information content (AvgIpc) is 3.03. The Morgan fingerprint density at radius 3 is 2.69 bits per heavy atom. The Hall–Kier alpha value is -2.61. The molecule has 1 aliphatic rings. The molecule has 1 aromatic heterocycles. The average molecular weight is 360 g/mol. The second kappa shape index (κ2) is 8.18. The zero-order valence-electron chi connectivity index (χ0n) is 14.8. The lowest BCUT2D eigenvalue weighted by molar-refractivity contribution is -0.139. The topological polar surface area (TPSA) is 107 Å². The summed E-state index contributed by atoms with van der Waals surface area (Å²) in [4.78, 5) is 42.8. The summed E-state index contributed by atoms with van der Waals surface area (Å²) in [5.41, 5.74) is 2.15. The van der Waals surface area contributed by atoms with Crippen molar-refractivity contribution in [2.75, 3.05) is 26.3 Å². The molecule has 2 aromatic rings. The summed E-state index contributed by atoms with van der Waals surface area (Å²) in [5.74, 6) is -0.0917. The number of fused-ring (bicyclic) bond motifs is 1. The fourth-order valence-corrected chi connectivity index (χ4v) is 3.19. The van der Waals surface area contributed by atoms with Crippen LogP contribution in [-0.4, -0.2) is 53.0 Å². The number of aromatic nitrogens is 2.